The molecule has 2 fully saturated rings. The van der Waals surface area contributed by atoms with Crippen LogP contribution < -0.4 is 10.6 Å². The van der Waals surface area contributed by atoms with Gasteiger partial charge in [-0.1, -0.05) is 0 Å². The van der Waals surface area contributed by atoms with E-state index >= 15 is 0 Å². The topological polar surface area (TPSA) is 108 Å². The van der Waals surface area contributed by atoms with E-state index in [2.05, 4.69) is 10.6 Å². The van der Waals surface area contributed by atoms with Crippen LogP contribution in [0.1, 0.15) is 26.2 Å². The minimum Gasteiger partial charge on any atom is -0.480 e. The lowest BCUT2D eigenvalue weighted by Gasteiger charge is -2.23. The fraction of sp³-hybridized carbons (Fsp3) is 0.818. The van der Waals surface area contributed by atoms with Crippen molar-refractivity contribution in [3.8, 4) is 0 Å². The monoisotopic (exact) mass is 258 g/mol. The highest BCUT2D eigenvalue weighted by Crippen LogP contribution is 2.34. The predicted molar refractivity (Wildman–Crippen MR) is 61.1 cm³/mol. The van der Waals surface area contributed by atoms with Crippen LogP contribution in [-0.2, 0) is 9.53 Å². The number of rotatable bonds is 4. The number of aliphatic carboxylic acids is 1. The molecular formula is C11H18N2O5. The van der Waals surface area contributed by atoms with Gasteiger partial charge < -0.3 is 25.6 Å². The third-order valence-electron chi connectivity index (χ3n) is 3.46. The first-order chi connectivity index (χ1) is 8.47. The SMILES string of the molecule is C[C@@H](O)[C@H](NC(=O)NC1CC2CCC1O2)C(=O)O. The fourth-order valence-corrected chi connectivity index (χ4v) is 2.53. The van der Waals surface area contributed by atoms with Gasteiger partial charge in [0.05, 0.1) is 24.4 Å². The van der Waals surface area contributed by atoms with Crippen molar-refractivity contribution in [3.63, 3.8) is 0 Å². The first-order valence-corrected chi connectivity index (χ1v) is 6.10. The molecule has 2 saturated heterocycles. The molecule has 102 valence electrons. The van der Waals surface area contributed by atoms with Crippen LogP contribution in [-0.4, -0.2) is 52.6 Å². The lowest BCUT2D eigenvalue weighted by atomic mass is 9.96. The van der Waals surface area contributed by atoms with Gasteiger partial charge in [-0.05, 0) is 26.2 Å². The molecule has 18 heavy (non-hydrogen) atoms. The molecule has 2 aliphatic heterocycles. The molecule has 3 unspecified atom stereocenters. The largest absolute Gasteiger partial charge is 0.480 e. The summed E-state index contributed by atoms with van der Waals surface area (Å²) in [5, 5.41) is 23.0. The number of nitrogens with one attached hydrogen (secondary N) is 2. The van der Waals surface area contributed by atoms with Gasteiger partial charge in [0.25, 0.3) is 0 Å². The highest BCUT2D eigenvalue weighted by molar-refractivity contribution is 5.83. The second kappa shape index (κ2) is 5.11. The molecule has 0 aliphatic carbocycles. The summed E-state index contributed by atoms with van der Waals surface area (Å²) in [5.41, 5.74) is 0. The average molecular weight is 258 g/mol. The van der Waals surface area contributed by atoms with Crippen molar-refractivity contribution in [2.24, 2.45) is 0 Å². The smallest absolute Gasteiger partial charge is 0.328 e. The van der Waals surface area contributed by atoms with E-state index in [0.717, 1.165) is 19.3 Å². The Morgan fingerprint density at radius 1 is 1.39 bits per heavy atom. The van der Waals surface area contributed by atoms with E-state index in [-0.39, 0.29) is 18.2 Å². The van der Waals surface area contributed by atoms with E-state index in [0.29, 0.717) is 0 Å². The molecule has 2 amide bonds. The number of carboxylic acids is 1. The Bertz CT molecular complexity index is 346. The molecule has 5 atom stereocenters. The number of hydrogen-bond donors (Lipinski definition) is 4. The van der Waals surface area contributed by atoms with E-state index in [4.69, 9.17) is 9.84 Å². The van der Waals surface area contributed by atoms with E-state index in [1.807, 2.05) is 0 Å². The summed E-state index contributed by atoms with van der Waals surface area (Å²) < 4.78 is 5.58. The van der Waals surface area contributed by atoms with Gasteiger partial charge in [0.2, 0.25) is 0 Å². The number of carbonyl (C=O) groups is 2. The Labute approximate surface area is 105 Å². The Morgan fingerprint density at radius 3 is 2.56 bits per heavy atom. The molecule has 7 nitrogen and oxygen atoms in total. The molecule has 0 aromatic heterocycles. The molecule has 4 N–H and O–H groups in total. The molecule has 0 saturated carbocycles. The highest BCUT2D eigenvalue weighted by Gasteiger charge is 2.41. The average Bonchev–Trinajstić information content (AvgIpc) is 2.86. The van der Waals surface area contributed by atoms with Crippen molar-refractivity contribution < 1.29 is 24.5 Å². The van der Waals surface area contributed by atoms with Crippen LogP contribution in [0.2, 0.25) is 0 Å². The summed E-state index contributed by atoms with van der Waals surface area (Å²) in [6.45, 7) is 1.32. The first-order valence-electron chi connectivity index (χ1n) is 6.10. The zero-order valence-corrected chi connectivity index (χ0v) is 10.1. The minimum absolute atomic E-state index is 0.0376. The van der Waals surface area contributed by atoms with Crippen molar-refractivity contribution in [1.82, 2.24) is 10.6 Å². The Morgan fingerprint density at radius 2 is 2.11 bits per heavy atom. The predicted octanol–water partition coefficient (Wildman–Crippen LogP) is -0.560. The van der Waals surface area contributed by atoms with E-state index in [1.54, 1.807) is 0 Å². The summed E-state index contributed by atoms with van der Waals surface area (Å²) in [4.78, 5) is 22.5. The zero-order chi connectivity index (χ0) is 13.3. The van der Waals surface area contributed by atoms with Gasteiger partial charge in [-0.2, -0.15) is 0 Å². The minimum atomic E-state index is -1.30. The number of ether oxygens (including phenoxy) is 1. The van der Waals surface area contributed by atoms with E-state index in [9.17, 15) is 14.7 Å². The number of carboxylic acid groups (broad SMARTS) is 1. The molecule has 2 aliphatic rings. The zero-order valence-electron chi connectivity index (χ0n) is 10.1. The van der Waals surface area contributed by atoms with Crippen LogP contribution in [0.15, 0.2) is 0 Å². The molecule has 0 aromatic carbocycles. The summed E-state index contributed by atoms with van der Waals surface area (Å²) >= 11 is 0. The highest BCUT2D eigenvalue weighted by atomic mass is 16.5. The molecule has 7 heteroatoms. The van der Waals surface area contributed by atoms with Gasteiger partial charge in [0, 0.05) is 0 Å². The van der Waals surface area contributed by atoms with Crippen molar-refractivity contribution in [1.29, 1.82) is 0 Å². The Kier molecular flexibility index (Phi) is 3.72. The van der Waals surface area contributed by atoms with E-state index in [1.165, 1.54) is 6.92 Å². The molecule has 2 heterocycles. The van der Waals surface area contributed by atoms with Gasteiger partial charge in [-0.25, -0.2) is 9.59 Å². The number of carbonyl (C=O) groups excluding carboxylic acids is 1. The quantitative estimate of drug-likeness (QED) is 0.540. The molecule has 0 radical (unpaired) electrons. The summed E-state index contributed by atoms with van der Waals surface area (Å²) in [6, 6.07) is -1.94. The van der Waals surface area contributed by atoms with Crippen LogP contribution in [0.5, 0.6) is 0 Å². The van der Waals surface area contributed by atoms with Crippen LogP contribution in [0, 0.1) is 0 Å². The van der Waals surface area contributed by atoms with Crippen LogP contribution >= 0.6 is 0 Å². The fourth-order valence-electron chi connectivity index (χ4n) is 2.53. The second-order valence-electron chi connectivity index (χ2n) is 4.89. The maximum atomic E-state index is 11.6. The van der Waals surface area contributed by atoms with Gasteiger partial charge in [-0.3, -0.25) is 0 Å². The molecule has 2 rings (SSSR count). The molecule has 0 aromatic rings. The molecule has 2 bridgehead atoms. The summed E-state index contributed by atoms with van der Waals surface area (Å²) in [6.07, 6.45) is 1.82. The lowest BCUT2D eigenvalue weighted by Crippen LogP contribution is -2.54. The third-order valence-corrected chi connectivity index (χ3v) is 3.46. The van der Waals surface area contributed by atoms with Crippen LogP contribution in [0.4, 0.5) is 4.79 Å². The first kappa shape index (κ1) is 13.1. The second-order valence-corrected chi connectivity index (χ2v) is 4.89. The van der Waals surface area contributed by atoms with Gasteiger partial charge in [0.1, 0.15) is 0 Å². The maximum absolute atomic E-state index is 11.6. The van der Waals surface area contributed by atoms with Crippen molar-refractivity contribution in [2.75, 3.05) is 0 Å². The lowest BCUT2D eigenvalue weighted by molar-refractivity contribution is -0.141. The number of hydrogen-bond acceptors (Lipinski definition) is 4. The molecular weight excluding hydrogens is 240 g/mol. The summed E-state index contributed by atoms with van der Waals surface area (Å²) in [5.74, 6) is -1.26. The third kappa shape index (κ3) is 2.73. The van der Waals surface area contributed by atoms with Gasteiger partial charge in [0.15, 0.2) is 6.04 Å². The van der Waals surface area contributed by atoms with Gasteiger partial charge in [-0.15, -0.1) is 0 Å². The maximum Gasteiger partial charge on any atom is 0.328 e. The number of aliphatic hydroxyl groups excluding tert-OH is 1. The van der Waals surface area contributed by atoms with Gasteiger partial charge >= 0.3 is 12.0 Å². The van der Waals surface area contributed by atoms with E-state index < -0.39 is 24.1 Å². The normalized spacial score (nSPS) is 32.9. The van der Waals surface area contributed by atoms with Crippen LogP contribution in [0.3, 0.4) is 0 Å². The Balaban J connectivity index is 1.83. The number of fused-ring (bicyclic) bond motifs is 2. The number of aliphatic hydroxyl groups is 1. The number of urea groups is 1. The molecule has 0 spiro atoms. The standard InChI is InChI=1S/C11H18N2O5/c1-5(14)9(10(15)16)13-11(17)12-7-4-6-2-3-8(7)18-6/h5-9,14H,2-4H2,1H3,(H,15,16)(H2,12,13,17)/t5-,6?,7?,8?,9+/m1/s1. The van der Waals surface area contributed by atoms with Crippen LogP contribution in [0.25, 0.3) is 0 Å². The van der Waals surface area contributed by atoms with Crippen molar-refractivity contribution in [3.05, 3.63) is 0 Å². The summed E-state index contributed by atoms with van der Waals surface area (Å²) in [7, 11) is 0. The van der Waals surface area contributed by atoms with Crippen molar-refractivity contribution in [2.45, 2.75) is 56.6 Å². The number of amides is 2. The Hall–Kier alpha value is -1.34. The van der Waals surface area contributed by atoms with Crippen molar-refractivity contribution >= 4 is 12.0 Å².